The fourth-order valence-corrected chi connectivity index (χ4v) is 4.57. The van der Waals surface area contributed by atoms with E-state index in [1.807, 2.05) is 6.07 Å². The molecule has 6 heteroatoms. The highest BCUT2D eigenvalue weighted by Crippen LogP contribution is 2.39. The number of hydrogen-bond acceptors (Lipinski definition) is 5. The van der Waals surface area contributed by atoms with E-state index in [9.17, 15) is 10.1 Å². The molecular weight excluding hydrogens is 346 g/mol. The molecule has 2 N–H and O–H groups in total. The lowest BCUT2D eigenvalue weighted by Gasteiger charge is -2.24. The van der Waals surface area contributed by atoms with Gasteiger partial charge in [0.2, 0.25) is 0 Å². The lowest BCUT2D eigenvalue weighted by molar-refractivity contribution is 0.216. The molecule has 26 heavy (non-hydrogen) atoms. The van der Waals surface area contributed by atoms with Gasteiger partial charge >= 0.3 is 0 Å². The van der Waals surface area contributed by atoms with Gasteiger partial charge in [0.25, 0.3) is 5.56 Å². The molecule has 0 spiro atoms. The maximum Gasteiger partial charge on any atom is 0.260 e. The highest BCUT2D eigenvalue weighted by molar-refractivity contribution is 8.08. The molecule has 2 aromatic rings. The highest BCUT2D eigenvalue weighted by atomic mass is 32.2. The van der Waals surface area contributed by atoms with Crippen molar-refractivity contribution in [2.75, 3.05) is 25.4 Å². The standard InChI is InChI=1S/C20H21N3O2S/c21-11-14-3-4-16-15(10-14)19(25-12-13-5-7-22-8-6-13)18(20(24)23-16)17-2-1-9-26-17/h2-4,10,13,22H,1,5-9,12H2,(H,23,24). The second-order valence-corrected chi connectivity index (χ2v) is 7.88. The molecule has 1 aromatic heterocycles. The number of hydrogen-bond donors (Lipinski definition) is 2. The van der Waals surface area contributed by atoms with Gasteiger partial charge < -0.3 is 15.0 Å². The predicted molar refractivity (Wildman–Crippen MR) is 105 cm³/mol. The van der Waals surface area contributed by atoms with Gasteiger partial charge in [-0.2, -0.15) is 5.26 Å². The zero-order chi connectivity index (χ0) is 17.9. The third kappa shape index (κ3) is 3.37. The summed E-state index contributed by atoms with van der Waals surface area (Å²) < 4.78 is 6.27. The Labute approximate surface area is 156 Å². The van der Waals surface area contributed by atoms with Crippen molar-refractivity contribution in [2.45, 2.75) is 19.3 Å². The van der Waals surface area contributed by atoms with Gasteiger partial charge in [0, 0.05) is 16.0 Å². The summed E-state index contributed by atoms with van der Waals surface area (Å²) in [5, 5.41) is 13.4. The second kappa shape index (κ2) is 7.56. The van der Waals surface area contributed by atoms with Crippen molar-refractivity contribution in [3.8, 4) is 11.8 Å². The van der Waals surface area contributed by atoms with Crippen LogP contribution in [0, 0.1) is 17.2 Å². The largest absolute Gasteiger partial charge is 0.492 e. The van der Waals surface area contributed by atoms with Crippen LogP contribution in [0.15, 0.2) is 29.1 Å². The minimum atomic E-state index is -0.122. The maximum atomic E-state index is 12.8. The smallest absolute Gasteiger partial charge is 0.260 e. The lowest BCUT2D eigenvalue weighted by Crippen LogP contribution is -2.30. The Morgan fingerprint density at radius 2 is 2.15 bits per heavy atom. The van der Waals surface area contributed by atoms with Crippen molar-refractivity contribution < 1.29 is 4.74 Å². The number of benzene rings is 1. The van der Waals surface area contributed by atoms with E-state index < -0.39 is 0 Å². The fourth-order valence-electron chi connectivity index (χ4n) is 3.55. The predicted octanol–water partition coefficient (Wildman–Crippen LogP) is 3.26. The average Bonchev–Trinajstić information content (AvgIpc) is 3.20. The highest BCUT2D eigenvalue weighted by Gasteiger charge is 2.22. The number of ether oxygens (including phenoxy) is 1. The van der Waals surface area contributed by atoms with Gasteiger partial charge in [-0.25, -0.2) is 0 Å². The van der Waals surface area contributed by atoms with E-state index in [2.05, 4.69) is 22.4 Å². The van der Waals surface area contributed by atoms with Gasteiger partial charge in [-0.05, 0) is 56.5 Å². The number of pyridine rings is 1. The third-order valence-corrected chi connectivity index (χ3v) is 6.09. The molecule has 0 bridgehead atoms. The normalized spacial score (nSPS) is 17.9. The Morgan fingerprint density at radius 1 is 1.31 bits per heavy atom. The molecule has 2 aliphatic heterocycles. The number of nitrogens with zero attached hydrogens (tertiary/aromatic N) is 1. The molecule has 1 aromatic carbocycles. The van der Waals surface area contributed by atoms with E-state index in [0.717, 1.165) is 48.4 Å². The summed E-state index contributed by atoms with van der Waals surface area (Å²) >= 11 is 1.69. The summed E-state index contributed by atoms with van der Waals surface area (Å²) in [5.74, 6) is 2.10. The van der Waals surface area contributed by atoms with Crippen LogP contribution in [0.1, 0.15) is 30.4 Å². The van der Waals surface area contributed by atoms with Crippen molar-refractivity contribution >= 4 is 27.6 Å². The number of rotatable bonds is 4. The van der Waals surface area contributed by atoms with Gasteiger partial charge in [0.1, 0.15) is 5.75 Å². The molecule has 0 unspecified atom stereocenters. The minimum absolute atomic E-state index is 0.122. The van der Waals surface area contributed by atoms with Crippen molar-refractivity contribution in [1.29, 1.82) is 5.26 Å². The molecule has 4 rings (SSSR count). The Bertz CT molecular complexity index is 952. The monoisotopic (exact) mass is 367 g/mol. The summed E-state index contributed by atoms with van der Waals surface area (Å²) in [6.45, 7) is 2.62. The fraction of sp³-hybridized carbons (Fsp3) is 0.400. The Morgan fingerprint density at radius 3 is 2.88 bits per heavy atom. The molecule has 1 saturated heterocycles. The Kier molecular flexibility index (Phi) is 5.00. The zero-order valence-corrected chi connectivity index (χ0v) is 15.3. The molecule has 3 heterocycles. The number of aromatic nitrogens is 1. The summed E-state index contributed by atoms with van der Waals surface area (Å²) in [6.07, 6.45) is 5.23. The van der Waals surface area contributed by atoms with Crippen LogP contribution in [-0.2, 0) is 0 Å². The quantitative estimate of drug-likeness (QED) is 0.867. The average molecular weight is 367 g/mol. The summed E-state index contributed by atoms with van der Waals surface area (Å²) in [5.41, 5.74) is 1.77. The van der Waals surface area contributed by atoms with Crippen LogP contribution in [0.3, 0.4) is 0 Å². The van der Waals surface area contributed by atoms with Crippen LogP contribution in [0.4, 0.5) is 0 Å². The molecule has 0 radical (unpaired) electrons. The second-order valence-electron chi connectivity index (χ2n) is 6.74. The van der Waals surface area contributed by atoms with Gasteiger partial charge in [-0.1, -0.05) is 6.08 Å². The number of piperidine rings is 1. The van der Waals surface area contributed by atoms with E-state index in [-0.39, 0.29) is 5.56 Å². The van der Waals surface area contributed by atoms with E-state index in [1.54, 1.807) is 23.9 Å². The molecule has 0 atom stereocenters. The maximum absolute atomic E-state index is 12.8. The van der Waals surface area contributed by atoms with Crippen LogP contribution >= 0.6 is 11.8 Å². The first kappa shape index (κ1) is 17.2. The summed E-state index contributed by atoms with van der Waals surface area (Å²) in [7, 11) is 0. The van der Waals surface area contributed by atoms with Crippen molar-refractivity contribution in [2.24, 2.45) is 5.92 Å². The van der Waals surface area contributed by atoms with Gasteiger partial charge in [0.05, 0.1) is 29.3 Å². The van der Waals surface area contributed by atoms with Gasteiger partial charge in [-0.3, -0.25) is 4.79 Å². The van der Waals surface area contributed by atoms with Gasteiger partial charge in [-0.15, -0.1) is 11.8 Å². The summed E-state index contributed by atoms with van der Waals surface area (Å²) in [4.78, 5) is 16.7. The SMILES string of the molecule is N#Cc1ccc2[nH]c(=O)c(C3=CCCS3)c(OCC3CCNCC3)c2c1. The number of H-pyrrole nitrogens is 1. The topological polar surface area (TPSA) is 77.9 Å². The molecule has 0 amide bonds. The molecule has 1 fully saturated rings. The Balaban J connectivity index is 1.80. The van der Waals surface area contributed by atoms with E-state index in [4.69, 9.17) is 4.74 Å². The third-order valence-electron chi connectivity index (χ3n) is 4.97. The van der Waals surface area contributed by atoms with Crippen LogP contribution in [-0.4, -0.2) is 30.4 Å². The van der Waals surface area contributed by atoms with Crippen molar-refractivity contribution in [1.82, 2.24) is 10.3 Å². The zero-order valence-electron chi connectivity index (χ0n) is 14.5. The first-order valence-corrected chi connectivity index (χ1v) is 10.0. The number of aromatic amines is 1. The van der Waals surface area contributed by atoms with E-state index in [1.165, 1.54) is 0 Å². The number of nitrogens with one attached hydrogen (secondary N) is 2. The molecule has 0 saturated carbocycles. The number of nitriles is 1. The minimum Gasteiger partial charge on any atom is -0.492 e. The van der Waals surface area contributed by atoms with Crippen molar-refractivity contribution in [3.63, 3.8) is 0 Å². The van der Waals surface area contributed by atoms with Crippen LogP contribution in [0.25, 0.3) is 15.8 Å². The van der Waals surface area contributed by atoms with E-state index >= 15 is 0 Å². The van der Waals surface area contributed by atoms with Gasteiger partial charge in [0.15, 0.2) is 0 Å². The van der Waals surface area contributed by atoms with Crippen LogP contribution in [0.2, 0.25) is 0 Å². The van der Waals surface area contributed by atoms with Crippen LogP contribution in [0.5, 0.6) is 5.75 Å². The first-order chi connectivity index (χ1) is 12.8. The number of fused-ring (bicyclic) bond motifs is 1. The molecule has 134 valence electrons. The molecule has 2 aliphatic rings. The first-order valence-electron chi connectivity index (χ1n) is 9.03. The number of allylic oxidation sites excluding steroid dienone is 1. The lowest BCUT2D eigenvalue weighted by atomic mass is 9.99. The Hall–Kier alpha value is -2.23. The van der Waals surface area contributed by atoms with Crippen LogP contribution < -0.4 is 15.6 Å². The molecular formula is C20H21N3O2S. The van der Waals surface area contributed by atoms with E-state index in [0.29, 0.717) is 34.9 Å². The van der Waals surface area contributed by atoms with Crippen molar-refractivity contribution in [3.05, 3.63) is 45.8 Å². The number of thioether (sulfide) groups is 1. The molecule has 0 aliphatic carbocycles. The summed E-state index contributed by atoms with van der Waals surface area (Å²) in [6, 6.07) is 7.50. The molecule has 5 nitrogen and oxygen atoms in total.